The Morgan fingerprint density at radius 3 is 2.58 bits per heavy atom. The standard InChI is InChI=1S/C15H24O3S/c1-5-15(10(2)3)19-9-13-6-12(7-14(13)17)8-18-11(4)16/h12-13H,5-9H2,1-4H3. The van der Waals surface area contributed by atoms with Crippen LogP contribution in [-0.2, 0) is 14.3 Å². The van der Waals surface area contributed by atoms with Crippen LogP contribution in [0.15, 0.2) is 10.5 Å². The molecule has 2 atom stereocenters. The van der Waals surface area contributed by atoms with E-state index < -0.39 is 0 Å². The van der Waals surface area contributed by atoms with Gasteiger partial charge in [0.2, 0.25) is 0 Å². The van der Waals surface area contributed by atoms with Crippen LogP contribution in [0.25, 0.3) is 0 Å². The van der Waals surface area contributed by atoms with Crippen molar-refractivity contribution in [2.45, 2.75) is 47.0 Å². The van der Waals surface area contributed by atoms with Crippen molar-refractivity contribution in [1.82, 2.24) is 0 Å². The van der Waals surface area contributed by atoms with Gasteiger partial charge in [-0.25, -0.2) is 0 Å². The van der Waals surface area contributed by atoms with E-state index in [4.69, 9.17) is 4.74 Å². The molecule has 0 N–H and O–H groups in total. The largest absolute Gasteiger partial charge is 0.466 e. The van der Waals surface area contributed by atoms with Crippen LogP contribution in [0.2, 0.25) is 0 Å². The molecule has 0 radical (unpaired) electrons. The monoisotopic (exact) mass is 284 g/mol. The van der Waals surface area contributed by atoms with E-state index in [-0.39, 0.29) is 17.8 Å². The van der Waals surface area contributed by atoms with E-state index in [9.17, 15) is 9.59 Å². The predicted octanol–water partition coefficient (Wildman–Crippen LogP) is 3.58. The van der Waals surface area contributed by atoms with Gasteiger partial charge in [0.1, 0.15) is 5.78 Å². The normalized spacial score (nSPS) is 22.4. The molecule has 19 heavy (non-hydrogen) atoms. The molecule has 1 aliphatic rings. The van der Waals surface area contributed by atoms with Crippen molar-refractivity contribution < 1.29 is 14.3 Å². The first-order chi connectivity index (χ1) is 8.93. The van der Waals surface area contributed by atoms with Gasteiger partial charge in [-0.1, -0.05) is 12.5 Å². The molecule has 1 fully saturated rings. The summed E-state index contributed by atoms with van der Waals surface area (Å²) >= 11 is 1.81. The Balaban J connectivity index is 2.42. The second-order valence-corrected chi connectivity index (χ2v) is 6.47. The maximum atomic E-state index is 11.9. The summed E-state index contributed by atoms with van der Waals surface area (Å²) in [6.07, 6.45) is 2.46. The molecule has 0 aliphatic heterocycles. The minimum Gasteiger partial charge on any atom is -0.466 e. The first kappa shape index (κ1) is 16.3. The first-order valence-corrected chi connectivity index (χ1v) is 7.87. The van der Waals surface area contributed by atoms with Crippen molar-refractivity contribution in [2.75, 3.05) is 12.4 Å². The predicted molar refractivity (Wildman–Crippen MR) is 79.0 cm³/mol. The summed E-state index contributed by atoms with van der Waals surface area (Å²) in [5.74, 6) is 1.28. The molecule has 0 spiro atoms. The number of esters is 1. The molecule has 1 aliphatic carbocycles. The highest BCUT2D eigenvalue weighted by molar-refractivity contribution is 8.03. The number of allylic oxidation sites excluding steroid dienone is 2. The van der Waals surface area contributed by atoms with Crippen molar-refractivity contribution in [3.63, 3.8) is 0 Å². The van der Waals surface area contributed by atoms with E-state index in [1.807, 2.05) is 11.8 Å². The lowest BCUT2D eigenvalue weighted by molar-refractivity contribution is -0.142. The maximum absolute atomic E-state index is 11.9. The second-order valence-electron chi connectivity index (χ2n) is 5.36. The average Bonchev–Trinajstić information content (AvgIpc) is 2.68. The van der Waals surface area contributed by atoms with E-state index in [1.54, 1.807) is 0 Å². The van der Waals surface area contributed by atoms with Crippen molar-refractivity contribution in [2.24, 2.45) is 11.8 Å². The summed E-state index contributed by atoms with van der Waals surface area (Å²) in [6.45, 7) is 8.19. The summed E-state index contributed by atoms with van der Waals surface area (Å²) in [5.41, 5.74) is 1.34. The average molecular weight is 284 g/mol. The fourth-order valence-electron chi connectivity index (χ4n) is 2.39. The van der Waals surface area contributed by atoms with Crippen LogP contribution >= 0.6 is 11.8 Å². The number of carbonyl (C=O) groups is 2. The Morgan fingerprint density at radius 1 is 1.37 bits per heavy atom. The number of hydrogen-bond acceptors (Lipinski definition) is 4. The van der Waals surface area contributed by atoms with Gasteiger partial charge in [0, 0.05) is 30.9 Å². The Morgan fingerprint density at radius 2 is 2.05 bits per heavy atom. The summed E-state index contributed by atoms with van der Waals surface area (Å²) in [6, 6.07) is 0. The van der Waals surface area contributed by atoms with E-state index in [0.717, 1.165) is 18.6 Å². The minimum absolute atomic E-state index is 0.131. The maximum Gasteiger partial charge on any atom is 0.302 e. The van der Waals surface area contributed by atoms with Crippen molar-refractivity contribution >= 4 is 23.5 Å². The lowest BCUT2D eigenvalue weighted by Crippen LogP contribution is -2.10. The molecule has 0 bridgehead atoms. The molecule has 3 nitrogen and oxygen atoms in total. The topological polar surface area (TPSA) is 43.4 Å². The zero-order valence-electron chi connectivity index (χ0n) is 12.3. The molecule has 1 rings (SSSR count). The molecule has 1 saturated carbocycles. The lowest BCUT2D eigenvalue weighted by atomic mass is 10.1. The molecule has 0 aromatic rings. The Hall–Kier alpha value is -0.770. The fourth-order valence-corrected chi connectivity index (χ4v) is 3.61. The molecule has 108 valence electrons. The quantitative estimate of drug-likeness (QED) is 0.699. The molecule has 2 unspecified atom stereocenters. The van der Waals surface area contributed by atoms with Gasteiger partial charge in [-0.15, -0.1) is 11.8 Å². The van der Waals surface area contributed by atoms with Crippen LogP contribution in [0.3, 0.4) is 0 Å². The van der Waals surface area contributed by atoms with Gasteiger partial charge < -0.3 is 4.74 Å². The smallest absolute Gasteiger partial charge is 0.302 e. The van der Waals surface area contributed by atoms with Crippen LogP contribution in [0.5, 0.6) is 0 Å². The molecular formula is C15H24O3S. The van der Waals surface area contributed by atoms with Gasteiger partial charge >= 0.3 is 5.97 Å². The zero-order chi connectivity index (χ0) is 14.4. The number of thioether (sulfide) groups is 1. The van der Waals surface area contributed by atoms with Gasteiger partial charge in [0.05, 0.1) is 6.61 Å². The number of carbonyl (C=O) groups excluding carboxylic acids is 2. The Labute approximate surface area is 120 Å². The third-order valence-electron chi connectivity index (χ3n) is 3.42. The van der Waals surface area contributed by atoms with Crippen LogP contribution in [0.4, 0.5) is 0 Å². The number of ketones is 1. The van der Waals surface area contributed by atoms with Gasteiger partial charge in [0.25, 0.3) is 0 Å². The highest BCUT2D eigenvalue weighted by atomic mass is 32.2. The van der Waals surface area contributed by atoms with E-state index in [2.05, 4.69) is 20.8 Å². The molecule has 0 heterocycles. The van der Waals surface area contributed by atoms with Crippen molar-refractivity contribution in [1.29, 1.82) is 0 Å². The third kappa shape index (κ3) is 5.39. The minimum atomic E-state index is -0.261. The zero-order valence-corrected chi connectivity index (χ0v) is 13.1. The summed E-state index contributed by atoms with van der Waals surface area (Å²) in [7, 11) is 0. The van der Waals surface area contributed by atoms with Crippen LogP contribution in [0.1, 0.15) is 47.0 Å². The van der Waals surface area contributed by atoms with E-state index in [0.29, 0.717) is 18.8 Å². The molecule has 4 heteroatoms. The lowest BCUT2D eigenvalue weighted by Gasteiger charge is -2.12. The van der Waals surface area contributed by atoms with Crippen LogP contribution in [-0.4, -0.2) is 24.1 Å². The SMILES string of the molecule is CCC(SCC1CC(COC(C)=O)CC1=O)=C(C)C. The number of ether oxygens (including phenoxy) is 1. The van der Waals surface area contributed by atoms with Crippen LogP contribution < -0.4 is 0 Å². The summed E-state index contributed by atoms with van der Waals surface area (Å²) in [4.78, 5) is 24.1. The summed E-state index contributed by atoms with van der Waals surface area (Å²) < 4.78 is 5.00. The molecule has 0 aromatic heterocycles. The first-order valence-electron chi connectivity index (χ1n) is 6.89. The number of rotatable bonds is 6. The Kier molecular flexibility index (Phi) is 6.63. The van der Waals surface area contributed by atoms with Gasteiger partial charge in [-0.2, -0.15) is 0 Å². The number of hydrogen-bond donors (Lipinski definition) is 0. The van der Waals surface area contributed by atoms with Gasteiger partial charge in [-0.3, -0.25) is 9.59 Å². The van der Waals surface area contributed by atoms with E-state index >= 15 is 0 Å². The summed E-state index contributed by atoms with van der Waals surface area (Å²) in [5, 5.41) is 0. The van der Waals surface area contributed by atoms with Crippen molar-refractivity contribution in [3.8, 4) is 0 Å². The highest BCUT2D eigenvalue weighted by Gasteiger charge is 2.33. The third-order valence-corrected chi connectivity index (χ3v) is 5.04. The molecule has 0 aromatic carbocycles. The van der Waals surface area contributed by atoms with E-state index in [1.165, 1.54) is 17.4 Å². The van der Waals surface area contributed by atoms with Gasteiger partial charge in [-0.05, 0) is 31.6 Å². The Bertz CT molecular complexity index is 370. The molecule has 0 saturated heterocycles. The molecular weight excluding hydrogens is 260 g/mol. The van der Waals surface area contributed by atoms with Crippen LogP contribution in [0, 0.1) is 11.8 Å². The second kappa shape index (κ2) is 7.73. The van der Waals surface area contributed by atoms with Crippen molar-refractivity contribution in [3.05, 3.63) is 10.5 Å². The van der Waals surface area contributed by atoms with Gasteiger partial charge in [0.15, 0.2) is 0 Å². The fraction of sp³-hybridized carbons (Fsp3) is 0.733. The molecule has 0 amide bonds. The number of Topliss-reactive ketones (excluding diaryl/α,β-unsaturated/α-hetero) is 1. The highest BCUT2D eigenvalue weighted by Crippen LogP contribution is 2.34.